The first-order chi connectivity index (χ1) is 9.93. The number of nitrogens with zero attached hydrogens (tertiary/aromatic N) is 1. The molecule has 1 unspecified atom stereocenters. The zero-order chi connectivity index (χ0) is 15.8. The highest BCUT2D eigenvalue weighted by molar-refractivity contribution is 7.12. The molecule has 1 aromatic rings. The zero-order valence-corrected chi connectivity index (χ0v) is 14.0. The van der Waals surface area contributed by atoms with Crippen LogP contribution in [0.2, 0.25) is 0 Å². The molecule has 21 heavy (non-hydrogen) atoms. The van der Waals surface area contributed by atoms with Crippen molar-refractivity contribution in [3.05, 3.63) is 21.9 Å². The quantitative estimate of drug-likeness (QED) is 0.788. The van der Waals surface area contributed by atoms with Crippen LogP contribution in [0.15, 0.2) is 11.4 Å². The van der Waals surface area contributed by atoms with Crippen LogP contribution in [0.25, 0.3) is 0 Å². The number of carbonyl (C=O) groups is 1. The molecule has 0 spiro atoms. The van der Waals surface area contributed by atoms with Gasteiger partial charge in [-0.2, -0.15) is 0 Å². The second-order valence-electron chi connectivity index (χ2n) is 5.69. The number of rotatable bonds is 6. The molecular weight excluding hydrogens is 284 g/mol. The molecule has 0 radical (unpaired) electrons. The summed E-state index contributed by atoms with van der Waals surface area (Å²) in [7, 11) is 4.01. The number of likely N-dealkylation sites (N-methyl/N-ethyl adjacent to an activating group) is 1. The smallest absolute Gasteiger partial charge is 0.262 e. The van der Waals surface area contributed by atoms with Gasteiger partial charge in [-0.3, -0.25) is 4.79 Å². The van der Waals surface area contributed by atoms with Crippen LogP contribution in [0.3, 0.4) is 0 Å². The summed E-state index contributed by atoms with van der Waals surface area (Å²) in [6, 6.07) is 1.93. The molecule has 0 saturated carbocycles. The van der Waals surface area contributed by atoms with Crippen molar-refractivity contribution in [1.82, 2.24) is 10.2 Å². The van der Waals surface area contributed by atoms with Crippen molar-refractivity contribution in [2.24, 2.45) is 5.92 Å². The van der Waals surface area contributed by atoms with Crippen LogP contribution < -0.4 is 5.32 Å². The molecule has 1 rings (SSSR count). The number of hydrogen-bond donors (Lipinski definition) is 2. The van der Waals surface area contributed by atoms with Crippen LogP contribution >= 0.6 is 11.3 Å². The Morgan fingerprint density at radius 3 is 2.76 bits per heavy atom. The SMILES string of the molecule is CC(C)CC(CN(C)C)NC(=O)c1sccc1C#CCO. The predicted octanol–water partition coefficient (Wildman–Crippen LogP) is 1.80. The lowest BCUT2D eigenvalue weighted by atomic mass is 10.0. The third-order valence-electron chi connectivity index (χ3n) is 2.85. The van der Waals surface area contributed by atoms with Crippen LogP contribution in [-0.2, 0) is 0 Å². The Kier molecular flexibility index (Phi) is 7.44. The molecule has 0 aliphatic rings. The molecular formula is C16H24N2O2S. The van der Waals surface area contributed by atoms with Gasteiger partial charge in [-0.25, -0.2) is 0 Å². The van der Waals surface area contributed by atoms with Gasteiger partial charge in [0.05, 0.1) is 0 Å². The summed E-state index contributed by atoms with van der Waals surface area (Å²) in [5.41, 5.74) is 0.680. The van der Waals surface area contributed by atoms with Crippen molar-refractivity contribution < 1.29 is 9.90 Å². The van der Waals surface area contributed by atoms with Gasteiger partial charge in [0.25, 0.3) is 5.91 Å². The Hall–Kier alpha value is -1.35. The van der Waals surface area contributed by atoms with E-state index in [0.29, 0.717) is 16.4 Å². The number of carbonyl (C=O) groups excluding carboxylic acids is 1. The van der Waals surface area contributed by atoms with Gasteiger partial charge in [-0.1, -0.05) is 25.7 Å². The Morgan fingerprint density at radius 1 is 1.48 bits per heavy atom. The highest BCUT2D eigenvalue weighted by Gasteiger charge is 2.18. The van der Waals surface area contributed by atoms with Gasteiger partial charge >= 0.3 is 0 Å². The van der Waals surface area contributed by atoms with Gasteiger partial charge in [-0.15, -0.1) is 11.3 Å². The number of aliphatic hydroxyl groups is 1. The van der Waals surface area contributed by atoms with Gasteiger partial charge in [0.2, 0.25) is 0 Å². The van der Waals surface area contributed by atoms with E-state index < -0.39 is 0 Å². The summed E-state index contributed by atoms with van der Waals surface area (Å²) >= 11 is 1.38. The van der Waals surface area contributed by atoms with Crippen LogP contribution in [0, 0.1) is 17.8 Å². The van der Waals surface area contributed by atoms with Crippen LogP contribution in [0.1, 0.15) is 35.5 Å². The molecule has 0 fully saturated rings. The van der Waals surface area contributed by atoms with Crippen molar-refractivity contribution in [3.8, 4) is 11.8 Å². The number of nitrogens with one attached hydrogen (secondary N) is 1. The van der Waals surface area contributed by atoms with E-state index in [1.165, 1.54) is 11.3 Å². The first-order valence-electron chi connectivity index (χ1n) is 7.06. The van der Waals surface area contributed by atoms with Crippen molar-refractivity contribution in [2.75, 3.05) is 27.2 Å². The fraction of sp³-hybridized carbons (Fsp3) is 0.562. The van der Waals surface area contributed by atoms with Gasteiger partial charge < -0.3 is 15.3 Å². The second kappa shape index (κ2) is 8.83. The predicted molar refractivity (Wildman–Crippen MR) is 87.5 cm³/mol. The van der Waals surface area contributed by atoms with Crippen molar-refractivity contribution in [3.63, 3.8) is 0 Å². The van der Waals surface area contributed by atoms with E-state index in [1.807, 2.05) is 25.5 Å². The minimum atomic E-state index is -0.201. The second-order valence-corrected chi connectivity index (χ2v) is 6.60. The normalized spacial score (nSPS) is 12.1. The minimum absolute atomic E-state index is 0.0836. The number of hydrogen-bond acceptors (Lipinski definition) is 4. The number of aliphatic hydroxyl groups excluding tert-OH is 1. The Bertz CT molecular complexity index is 502. The molecule has 1 heterocycles. The Balaban J connectivity index is 2.79. The van der Waals surface area contributed by atoms with E-state index in [4.69, 9.17) is 5.11 Å². The van der Waals surface area contributed by atoms with Gasteiger partial charge in [0, 0.05) is 18.2 Å². The van der Waals surface area contributed by atoms with Crippen molar-refractivity contribution in [2.45, 2.75) is 26.3 Å². The summed E-state index contributed by atoms with van der Waals surface area (Å²) in [4.78, 5) is 15.1. The molecule has 1 aromatic heterocycles. The molecule has 1 atom stereocenters. The maximum Gasteiger partial charge on any atom is 0.262 e. The summed E-state index contributed by atoms with van der Waals surface area (Å²) in [5, 5.41) is 13.7. The average Bonchev–Trinajstić information content (AvgIpc) is 2.82. The monoisotopic (exact) mass is 308 g/mol. The van der Waals surface area contributed by atoms with Crippen LogP contribution in [0.4, 0.5) is 0 Å². The minimum Gasteiger partial charge on any atom is -0.384 e. The lowest BCUT2D eigenvalue weighted by Gasteiger charge is -2.23. The summed E-state index contributed by atoms with van der Waals surface area (Å²) in [6.45, 7) is 4.91. The highest BCUT2D eigenvalue weighted by atomic mass is 32.1. The third kappa shape index (κ3) is 6.30. The molecule has 116 valence electrons. The van der Waals surface area contributed by atoms with E-state index in [1.54, 1.807) is 0 Å². The van der Waals surface area contributed by atoms with Crippen LogP contribution in [-0.4, -0.2) is 49.2 Å². The van der Waals surface area contributed by atoms with E-state index in [0.717, 1.165) is 13.0 Å². The Morgan fingerprint density at radius 2 is 2.19 bits per heavy atom. The van der Waals surface area contributed by atoms with E-state index >= 15 is 0 Å². The maximum absolute atomic E-state index is 12.4. The molecule has 0 aliphatic heterocycles. The van der Waals surface area contributed by atoms with Crippen molar-refractivity contribution >= 4 is 17.2 Å². The summed E-state index contributed by atoms with van der Waals surface area (Å²) in [5.74, 6) is 5.84. The topological polar surface area (TPSA) is 52.6 Å². The molecule has 1 amide bonds. The number of thiophene rings is 1. The molecule has 5 heteroatoms. The van der Waals surface area contributed by atoms with Gasteiger partial charge in [0.1, 0.15) is 11.5 Å². The molecule has 2 N–H and O–H groups in total. The molecule has 0 aliphatic carbocycles. The molecule has 0 bridgehead atoms. The van der Waals surface area contributed by atoms with E-state index in [2.05, 4.69) is 35.9 Å². The van der Waals surface area contributed by atoms with Crippen LogP contribution in [0.5, 0.6) is 0 Å². The van der Waals surface area contributed by atoms with E-state index in [-0.39, 0.29) is 18.6 Å². The lowest BCUT2D eigenvalue weighted by Crippen LogP contribution is -2.42. The summed E-state index contributed by atoms with van der Waals surface area (Å²) < 4.78 is 0. The maximum atomic E-state index is 12.4. The molecule has 4 nitrogen and oxygen atoms in total. The van der Waals surface area contributed by atoms with Crippen molar-refractivity contribution in [1.29, 1.82) is 0 Å². The highest BCUT2D eigenvalue weighted by Crippen LogP contribution is 2.16. The summed E-state index contributed by atoms with van der Waals surface area (Å²) in [6.07, 6.45) is 0.937. The van der Waals surface area contributed by atoms with Gasteiger partial charge in [-0.05, 0) is 37.9 Å². The van der Waals surface area contributed by atoms with Gasteiger partial charge in [0.15, 0.2) is 0 Å². The Labute approximate surface area is 131 Å². The largest absolute Gasteiger partial charge is 0.384 e. The molecule has 0 saturated heterocycles. The fourth-order valence-corrected chi connectivity index (χ4v) is 2.91. The first kappa shape index (κ1) is 17.7. The molecule has 0 aromatic carbocycles. The standard InChI is InChI=1S/C16H24N2O2S/c1-12(2)10-14(11-18(3)4)17-16(20)15-13(6-5-8-19)7-9-21-15/h7,9,12,14,19H,8,10-11H2,1-4H3,(H,17,20). The zero-order valence-electron chi connectivity index (χ0n) is 13.1. The first-order valence-corrected chi connectivity index (χ1v) is 7.94. The number of amides is 1. The fourth-order valence-electron chi connectivity index (χ4n) is 2.16. The average molecular weight is 308 g/mol. The van der Waals surface area contributed by atoms with E-state index in [9.17, 15) is 4.79 Å². The third-order valence-corrected chi connectivity index (χ3v) is 3.76. The lowest BCUT2D eigenvalue weighted by molar-refractivity contribution is 0.0928.